The minimum absolute atomic E-state index is 0.0169. The molecule has 2 nitrogen and oxygen atoms in total. The number of anilines is 1. The van der Waals surface area contributed by atoms with Crippen molar-refractivity contribution in [2.45, 2.75) is 6.43 Å². The number of alkyl halides is 2. The second-order valence-electron chi connectivity index (χ2n) is 1.94. The first-order valence-electron chi connectivity index (χ1n) is 2.80. The summed E-state index contributed by atoms with van der Waals surface area (Å²) in [5.74, 6) is 0. The van der Waals surface area contributed by atoms with Gasteiger partial charge < -0.3 is 5.73 Å². The molecule has 0 aliphatic rings. The highest BCUT2D eigenvalue weighted by molar-refractivity contribution is 9.10. The molecule has 0 atom stereocenters. The zero-order chi connectivity index (χ0) is 8.43. The Bertz CT molecular complexity index is 265. The molecule has 1 aromatic rings. The summed E-state index contributed by atoms with van der Waals surface area (Å²) in [6.45, 7) is 0. The third kappa shape index (κ3) is 1.86. The third-order valence-electron chi connectivity index (χ3n) is 1.17. The van der Waals surface area contributed by atoms with E-state index < -0.39 is 6.43 Å². The number of nitrogen functional groups attached to an aromatic ring is 1. The Morgan fingerprint density at radius 2 is 2.18 bits per heavy atom. The van der Waals surface area contributed by atoms with Crippen molar-refractivity contribution in [1.29, 1.82) is 0 Å². The van der Waals surface area contributed by atoms with Gasteiger partial charge in [-0.05, 0) is 22.0 Å². The Balaban J connectivity index is 3.13. The van der Waals surface area contributed by atoms with Crippen LogP contribution >= 0.6 is 15.9 Å². The van der Waals surface area contributed by atoms with Crippen LogP contribution in [0.1, 0.15) is 12.0 Å². The normalized spacial score (nSPS) is 10.5. The van der Waals surface area contributed by atoms with E-state index >= 15 is 0 Å². The lowest BCUT2D eigenvalue weighted by molar-refractivity contribution is 0.152. The largest absolute Gasteiger partial charge is 0.397 e. The maximum Gasteiger partial charge on any atom is 0.265 e. The molecule has 1 rings (SSSR count). The second-order valence-corrected chi connectivity index (χ2v) is 2.75. The zero-order valence-electron chi connectivity index (χ0n) is 5.39. The maximum absolute atomic E-state index is 12.1. The van der Waals surface area contributed by atoms with Crippen molar-refractivity contribution < 1.29 is 8.78 Å². The standard InChI is InChI=1S/C6H5BrF2N2/c7-5-1-3(6(8)9)4(10)2-11-5/h1-2,6H,10H2. The first-order chi connectivity index (χ1) is 5.11. The van der Waals surface area contributed by atoms with Crippen LogP contribution in [0.2, 0.25) is 0 Å². The Labute approximate surface area is 70.6 Å². The molecule has 0 saturated carbocycles. The topological polar surface area (TPSA) is 38.9 Å². The lowest BCUT2D eigenvalue weighted by Gasteiger charge is -2.02. The molecular formula is C6H5BrF2N2. The van der Waals surface area contributed by atoms with Crippen LogP contribution in [0, 0.1) is 0 Å². The van der Waals surface area contributed by atoms with Gasteiger partial charge in [0.1, 0.15) is 4.60 Å². The molecule has 5 heteroatoms. The van der Waals surface area contributed by atoms with Crippen LogP contribution in [-0.4, -0.2) is 4.98 Å². The minimum atomic E-state index is -2.55. The van der Waals surface area contributed by atoms with Crippen molar-refractivity contribution in [3.05, 3.63) is 22.4 Å². The highest BCUT2D eigenvalue weighted by Crippen LogP contribution is 2.25. The summed E-state index contributed by atoms with van der Waals surface area (Å²) >= 11 is 2.96. The third-order valence-corrected chi connectivity index (χ3v) is 1.60. The molecule has 0 amide bonds. The van der Waals surface area contributed by atoms with Crippen LogP contribution in [0.4, 0.5) is 14.5 Å². The molecule has 0 spiro atoms. The number of hydrogen-bond donors (Lipinski definition) is 1. The molecule has 1 heterocycles. The Hall–Kier alpha value is -0.710. The quantitative estimate of drug-likeness (QED) is 0.742. The van der Waals surface area contributed by atoms with E-state index in [2.05, 4.69) is 20.9 Å². The Morgan fingerprint density at radius 1 is 1.55 bits per heavy atom. The number of aromatic nitrogens is 1. The zero-order valence-corrected chi connectivity index (χ0v) is 6.98. The molecule has 0 aliphatic heterocycles. The van der Waals surface area contributed by atoms with Crippen LogP contribution in [0.3, 0.4) is 0 Å². The van der Waals surface area contributed by atoms with E-state index in [0.717, 1.165) is 0 Å². The van der Waals surface area contributed by atoms with E-state index in [1.54, 1.807) is 0 Å². The average Bonchev–Trinajstić information content (AvgIpc) is 1.94. The molecule has 1 aromatic heterocycles. The lowest BCUT2D eigenvalue weighted by atomic mass is 10.2. The van der Waals surface area contributed by atoms with E-state index in [1.807, 2.05) is 0 Å². The molecule has 2 N–H and O–H groups in total. The molecular weight excluding hydrogens is 218 g/mol. The number of pyridine rings is 1. The van der Waals surface area contributed by atoms with Crippen molar-refractivity contribution in [2.75, 3.05) is 5.73 Å². The maximum atomic E-state index is 12.1. The summed E-state index contributed by atoms with van der Waals surface area (Å²) < 4.78 is 24.5. The lowest BCUT2D eigenvalue weighted by Crippen LogP contribution is -1.95. The molecule has 0 saturated heterocycles. The molecule has 0 fully saturated rings. The first-order valence-corrected chi connectivity index (χ1v) is 3.59. The van der Waals surface area contributed by atoms with Crippen LogP contribution < -0.4 is 5.73 Å². The van der Waals surface area contributed by atoms with E-state index in [0.29, 0.717) is 4.60 Å². The molecule has 0 aliphatic carbocycles. The Kier molecular flexibility index (Phi) is 2.38. The van der Waals surface area contributed by atoms with Crippen molar-refractivity contribution >= 4 is 21.6 Å². The monoisotopic (exact) mass is 222 g/mol. The number of hydrogen-bond acceptors (Lipinski definition) is 2. The van der Waals surface area contributed by atoms with Crippen molar-refractivity contribution in [3.63, 3.8) is 0 Å². The van der Waals surface area contributed by atoms with Gasteiger partial charge in [-0.2, -0.15) is 0 Å². The molecule has 0 unspecified atom stereocenters. The van der Waals surface area contributed by atoms with Gasteiger partial charge in [-0.25, -0.2) is 13.8 Å². The van der Waals surface area contributed by atoms with Crippen LogP contribution in [-0.2, 0) is 0 Å². The molecule has 11 heavy (non-hydrogen) atoms. The van der Waals surface area contributed by atoms with Crippen molar-refractivity contribution in [1.82, 2.24) is 4.98 Å². The molecule has 60 valence electrons. The highest BCUT2D eigenvalue weighted by atomic mass is 79.9. The summed E-state index contributed by atoms with van der Waals surface area (Å²) in [6, 6.07) is 1.21. The van der Waals surface area contributed by atoms with Gasteiger partial charge in [0.2, 0.25) is 0 Å². The predicted molar refractivity (Wildman–Crippen MR) is 41.3 cm³/mol. The number of halogens is 3. The number of nitrogens with zero attached hydrogens (tertiary/aromatic N) is 1. The van der Waals surface area contributed by atoms with Gasteiger partial charge in [0.15, 0.2) is 0 Å². The van der Waals surface area contributed by atoms with Gasteiger partial charge >= 0.3 is 0 Å². The van der Waals surface area contributed by atoms with Crippen molar-refractivity contribution in [2.24, 2.45) is 0 Å². The van der Waals surface area contributed by atoms with E-state index in [4.69, 9.17) is 5.73 Å². The molecule has 0 radical (unpaired) electrons. The summed E-state index contributed by atoms with van der Waals surface area (Å²) in [4.78, 5) is 3.68. The van der Waals surface area contributed by atoms with E-state index in [1.165, 1.54) is 12.3 Å². The predicted octanol–water partition coefficient (Wildman–Crippen LogP) is 2.36. The fourth-order valence-corrected chi connectivity index (χ4v) is 0.993. The highest BCUT2D eigenvalue weighted by Gasteiger charge is 2.11. The van der Waals surface area contributed by atoms with Crippen LogP contribution in [0.5, 0.6) is 0 Å². The van der Waals surface area contributed by atoms with Crippen LogP contribution in [0.15, 0.2) is 16.9 Å². The Morgan fingerprint density at radius 3 is 2.64 bits per heavy atom. The summed E-state index contributed by atoms with van der Waals surface area (Å²) in [5.41, 5.74) is 5.06. The SMILES string of the molecule is Nc1cnc(Br)cc1C(F)F. The van der Waals surface area contributed by atoms with E-state index in [9.17, 15) is 8.78 Å². The number of rotatable bonds is 1. The van der Waals surface area contributed by atoms with Gasteiger partial charge in [0, 0.05) is 5.56 Å². The molecule has 0 aromatic carbocycles. The van der Waals surface area contributed by atoms with Gasteiger partial charge in [-0.1, -0.05) is 0 Å². The number of nitrogens with two attached hydrogens (primary N) is 1. The van der Waals surface area contributed by atoms with Gasteiger partial charge in [0.25, 0.3) is 6.43 Å². The van der Waals surface area contributed by atoms with Gasteiger partial charge in [0.05, 0.1) is 11.9 Å². The summed E-state index contributed by atoms with van der Waals surface area (Å²) in [5, 5.41) is 0. The fourth-order valence-electron chi connectivity index (χ4n) is 0.644. The van der Waals surface area contributed by atoms with Gasteiger partial charge in [-0.15, -0.1) is 0 Å². The smallest absolute Gasteiger partial charge is 0.265 e. The second kappa shape index (κ2) is 3.13. The summed E-state index contributed by atoms with van der Waals surface area (Å²) in [7, 11) is 0. The summed E-state index contributed by atoms with van der Waals surface area (Å²) in [6.07, 6.45) is -1.35. The average molecular weight is 223 g/mol. The van der Waals surface area contributed by atoms with Gasteiger partial charge in [-0.3, -0.25) is 0 Å². The fraction of sp³-hybridized carbons (Fsp3) is 0.167. The minimum Gasteiger partial charge on any atom is -0.397 e. The molecule has 0 bridgehead atoms. The first kappa shape index (κ1) is 8.39. The van der Waals surface area contributed by atoms with Crippen LogP contribution in [0.25, 0.3) is 0 Å². The van der Waals surface area contributed by atoms with E-state index in [-0.39, 0.29) is 11.3 Å². The van der Waals surface area contributed by atoms with Crippen molar-refractivity contribution in [3.8, 4) is 0 Å².